The largest absolute Gasteiger partial charge is 0.370 e. The van der Waals surface area contributed by atoms with Crippen molar-refractivity contribution in [3.05, 3.63) is 34.6 Å². The van der Waals surface area contributed by atoms with Crippen molar-refractivity contribution in [2.24, 2.45) is 7.05 Å². The number of aromatic nitrogens is 3. The SMILES string of the molecule is CCCNc1ccc([N+](=O)[O-])c(-c2nccn2C)n1. The molecule has 19 heavy (non-hydrogen) atoms. The van der Waals surface area contributed by atoms with E-state index >= 15 is 0 Å². The maximum atomic E-state index is 11.1. The van der Waals surface area contributed by atoms with Gasteiger partial charge in [-0.15, -0.1) is 0 Å². The van der Waals surface area contributed by atoms with Crippen LogP contribution in [0, 0.1) is 10.1 Å². The molecule has 0 aliphatic carbocycles. The number of pyridine rings is 1. The maximum absolute atomic E-state index is 11.1. The molecular formula is C12H15N5O2. The zero-order chi connectivity index (χ0) is 13.8. The van der Waals surface area contributed by atoms with Gasteiger partial charge in [0.1, 0.15) is 5.82 Å². The first-order valence-corrected chi connectivity index (χ1v) is 6.00. The average Bonchev–Trinajstić information content (AvgIpc) is 2.82. The van der Waals surface area contributed by atoms with E-state index in [0.29, 0.717) is 11.6 Å². The van der Waals surface area contributed by atoms with E-state index in [0.717, 1.165) is 13.0 Å². The van der Waals surface area contributed by atoms with Crippen LogP contribution < -0.4 is 5.32 Å². The van der Waals surface area contributed by atoms with E-state index in [-0.39, 0.29) is 11.4 Å². The van der Waals surface area contributed by atoms with E-state index in [1.165, 1.54) is 6.07 Å². The van der Waals surface area contributed by atoms with Crippen LogP contribution in [0.3, 0.4) is 0 Å². The number of rotatable bonds is 5. The summed E-state index contributed by atoms with van der Waals surface area (Å²) in [5.74, 6) is 1.09. The Kier molecular flexibility index (Phi) is 3.74. The lowest BCUT2D eigenvalue weighted by Crippen LogP contribution is -2.05. The van der Waals surface area contributed by atoms with Gasteiger partial charge in [-0.2, -0.15) is 0 Å². The summed E-state index contributed by atoms with van der Waals surface area (Å²) in [6, 6.07) is 3.06. The number of nitrogens with one attached hydrogen (secondary N) is 1. The average molecular weight is 261 g/mol. The topological polar surface area (TPSA) is 85.9 Å². The molecule has 7 heteroatoms. The normalized spacial score (nSPS) is 10.4. The summed E-state index contributed by atoms with van der Waals surface area (Å²) in [5, 5.41) is 14.2. The van der Waals surface area contributed by atoms with Gasteiger partial charge in [0.15, 0.2) is 11.5 Å². The molecule has 100 valence electrons. The first-order chi connectivity index (χ1) is 9.13. The molecule has 0 aromatic carbocycles. The maximum Gasteiger partial charge on any atom is 0.298 e. The van der Waals surface area contributed by atoms with Gasteiger partial charge in [-0.25, -0.2) is 9.97 Å². The van der Waals surface area contributed by atoms with Crippen LogP contribution >= 0.6 is 0 Å². The number of nitro groups is 1. The van der Waals surface area contributed by atoms with Crippen LogP contribution in [0.1, 0.15) is 13.3 Å². The summed E-state index contributed by atoms with van der Waals surface area (Å²) in [7, 11) is 1.78. The number of imidazole rings is 1. The highest BCUT2D eigenvalue weighted by Gasteiger charge is 2.20. The third-order valence-electron chi connectivity index (χ3n) is 2.66. The summed E-state index contributed by atoms with van der Waals surface area (Å²) in [5.41, 5.74) is 0.231. The molecule has 0 atom stereocenters. The van der Waals surface area contributed by atoms with Crippen LogP contribution in [-0.4, -0.2) is 26.0 Å². The molecule has 0 saturated carbocycles. The zero-order valence-corrected chi connectivity index (χ0v) is 10.8. The number of aryl methyl sites for hydroxylation is 1. The van der Waals surface area contributed by atoms with Crippen molar-refractivity contribution >= 4 is 11.5 Å². The Morgan fingerprint density at radius 2 is 2.26 bits per heavy atom. The number of anilines is 1. The highest BCUT2D eigenvalue weighted by Crippen LogP contribution is 2.27. The van der Waals surface area contributed by atoms with Gasteiger partial charge in [-0.1, -0.05) is 6.92 Å². The van der Waals surface area contributed by atoms with Crippen molar-refractivity contribution < 1.29 is 4.92 Å². The highest BCUT2D eigenvalue weighted by atomic mass is 16.6. The fraction of sp³-hybridized carbons (Fsp3) is 0.333. The van der Waals surface area contributed by atoms with Gasteiger partial charge in [0.2, 0.25) is 0 Å². The predicted octanol–water partition coefficient (Wildman–Crippen LogP) is 2.21. The smallest absolute Gasteiger partial charge is 0.298 e. The van der Waals surface area contributed by atoms with E-state index in [1.807, 2.05) is 6.92 Å². The summed E-state index contributed by atoms with van der Waals surface area (Å²) in [6.45, 7) is 2.81. The summed E-state index contributed by atoms with van der Waals surface area (Å²) < 4.78 is 1.71. The van der Waals surface area contributed by atoms with E-state index in [2.05, 4.69) is 15.3 Å². The van der Waals surface area contributed by atoms with Crippen molar-refractivity contribution in [3.8, 4) is 11.5 Å². The van der Waals surface area contributed by atoms with Gasteiger partial charge in [0, 0.05) is 32.1 Å². The molecule has 0 aliphatic heterocycles. The van der Waals surface area contributed by atoms with Crippen LogP contribution in [0.15, 0.2) is 24.5 Å². The molecule has 2 heterocycles. The molecule has 0 amide bonds. The fourth-order valence-corrected chi connectivity index (χ4v) is 1.71. The lowest BCUT2D eigenvalue weighted by atomic mass is 10.2. The van der Waals surface area contributed by atoms with Crippen molar-refractivity contribution in [1.82, 2.24) is 14.5 Å². The van der Waals surface area contributed by atoms with Crippen molar-refractivity contribution in [2.75, 3.05) is 11.9 Å². The minimum Gasteiger partial charge on any atom is -0.370 e. The molecule has 1 N–H and O–H groups in total. The third kappa shape index (κ3) is 2.70. The summed E-state index contributed by atoms with van der Waals surface area (Å²) in [6.07, 6.45) is 4.27. The van der Waals surface area contributed by atoms with Gasteiger partial charge < -0.3 is 9.88 Å². The molecule has 7 nitrogen and oxygen atoms in total. The number of hydrogen-bond acceptors (Lipinski definition) is 5. The second-order valence-electron chi connectivity index (χ2n) is 4.11. The molecule has 0 bridgehead atoms. The van der Waals surface area contributed by atoms with Crippen LogP contribution in [-0.2, 0) is 7.05 Å². The molecule has 2 aromatic heterocycles. The Morgan fingerprint density at radius 1 is 1.47 bits per heavy atom. The molecule has 0 spiro atoms. The Balaban J connectivity index is 2.48. The Bertz CT molecular complexity index is 594. The van der Waals surface area contributed by atoms with Crippen LogP contribution in [0.2, 0.25) is 0 Å². The van der Waals surface area contributed by atoms with E-state index in [4.69, 9.17) is 0 Å². The summed E-state index contributed by atoms with van der Waals surface area (Å²) in [4.78, 5) is 19.0. The second kappa shape index (κ2) is 5.47. The van der Waals surface area contributed by atoms with Crippen molar-refractivity contribution in [2.45, 2.75) is 13.3 Å². The molecule has 0 radical (unpaired) electrons. The minimum atomic E-state index is -0.444. The third-order valence-corrected chi connectivity index (χ3v) is 2.66. The van der Waals surface area contributed by atoms with Crippen LogP contribution in [0.25, 0.3) is 11.5 Å². The Hall–Kier alpha value is -2.44. The fourth-order valence-electron chi connectivity index (χ4n) is 1.71. The van der Waals surface area contributed by atoms with Crippen molar-refractivity contribution in [1.29, 1.82) is 0 Å². The van der Waals surface area contributed by atoms with Gasteiger partial charge in [-0.3, -0.25) is 10.1 Å². The number of hydrogen-bond donors (Lipinski definition) is 1. The van der Waals surface area contributed by atoms with E-state index in [1.54, 1.807) is 30.1 Å². The lowest BCUT2D eigenvalue weighted by Gasteiger charge is -2.07. The van der Waals surface area contributed by atoms with Gasteiger partial charge >= 0.3 is 0 Å². The van der Waals surface area contributed by atoms with E-state index in [9.17, 15) is 10.1 Å². The molecule has 0 aliphatic rings. The first kappa shape index (κ1) is 13.0. The molecule has 0 fully saturated rings. The lowest BCUT2D eigenvalue weighted by molar-refractivity contribution is -0.384. The molecule has 0 saturated heterocycles. The standard InChI is InChI=1S/C12H15N5O2/c1-3-6-13-10-5-4-9(17(18)19)11(15-10)12-14-7-8-16(12)2/h4-5,7-8H,3,6H2,1-2H3,(H,13,15). The highest BCUT2D eigenvalue weighted by molar-refractivity contribution is 5.66. The monoisotopic (exact) mass is 261 g/mol. The van der Waals surface area contributed by atoms with Crippen LogP contribution in [0.4, 0.5) is 11.5 Å². The molecule has 0 unspecified atom stereocenters. The van der Waals surface area contributed by atoms with Gasteiger partial charge in [0.05, 0.1) is 4.92 Å². The van der Waals surface area contributed by atoms with Gasteiger partial charge in [0.25, 0.3) is 5.69 Å². The summed E-state index contributed by atoms with van der Waals surface area (Å²) >= 11 is 0. The van der Waals surface area contributed by atoms with E-state index < -0.39 is 4.92 Å². The second-order valence-corrected chi connectivity index (χ2v) is 4.11. The molecular weight excluding hydrogens is 246 g/mol. The van der Waals surface area contributed by atoms with Crippen LogP contribution in [0.5, 0.6) is 0 Å². The molecule has 2 rings (SSSR count). The molecule has 2 aromatic rings. The minimum absolute atomic E-state index is 0.0450. The quantitative estimate of drug-likeness (QED) is 0.658. The Labute approximate surface area is 110 Å². The van der Waals surface area contributed by atoms with Crippen molar-refractivity contribution in [3.63, 3.8) is 0 Å². The first-order valence-electron chi connectivity index (χ1n) is 6.00. The zero-order valence-electron chi connectivity index (χ0n) is 10.8. The van der Waals surface area contributed by atoms with Gasteiger partial charge in [-0.05, 0) is 12.5 Å². The Morgan fingerprint density at radius 3 is 2.84 bits per heavy atom. The predicted molar refractivity (Wildman–Crippen MR) is 71.9 cm³/mol. The number of nitrogens with zero attached hydrogens (tertiary/aromatic N) is 4.